The lowest BCUT2D eigenvalue weighted by atomic mass is 9.80. The van der Waals surface area contributed by atoms with Crippen molar-refractivity contribution in [1.82, 2.24) is 4.90 Å². The maximum Gasteiger partial charge on any atom is 0.159 e. The molecule has 0 aliphatic heterocycles. The zero-order chi connectivity index (χ0) is 48.5. The van der Waals surface area contributed by atoms with Gasteiger partial charge < -0.3 is 19.0 Å². The van der Waals surface area contributed by atoms with E-state index in [9.17, 15) is 0 Å². The van der Waals surface area contributed by atoms with Crippen molar-refractivity contribution < 1.29 is 9.15 Å². The van der Waals surface area contributed by atoms with Gasteiger partial charge in [0, 0.05) is 52.6 Å². The number of fused-ring (bicyclic) bond motifs is 4. The number of hydrogen-bond acceptors (Lipinski definition) is 4. The van der Waals surface area contributed by atoms with Crippen LogP contribution >= 0.6 is 0 Å². The van der Waals surface area contributed by atoms with Crippen LogP contribution in [0.3, 0.4) is 0 Å². The summed E-state index contributed by atoms with van der Waals surface area (Å²) in [5.74, 6) is 0.728. The molecule has 348 valence electrons. The highest BCUT2D eigenvalue weighted by molar-refractivity contribution is 6.11. The fourth-order valence-corrected chi connectivity index (χ4v) is 9.41. The molecule has 2 bridgehead atoms. The van der Waals surface area contributed by atoms with Crippen molar-refractivity contribution in [2.75, 3.05) is 18.6 Å². The summed E-state index contributed by atoms with van der Waals surface area (Å²) in [5, 5.41) is 2.23. The lowest BCUT2D eigenvalue weighted by molar-refractivity contribution is 0.226. The Bertz CT molecular complexity index is 3020. The lowest BCUT2D eigenvalue weighted by Gasteiger charge is -2.34. The van der Waals surface area contributed by atoms with Gasteiger partial charge in [0.05, 0.1) is 18.0 Å². The zero-order valence-corrected chi connectivity index (χ0v) is 42.2. The van der Waals surface area contributed by atoms with Crippen LogP contribution in [-0.2, 0) is 11.2 Å². The summed E-state index contributed by atoms with van der Waals surface area (Å²) in [6.45, 7) is 27.4. The van der Waals surface area contributed by atoms with Crippen molar-refractivity contribution in [3.8, 4) is 0 Å². The fraction of sp³-hybridized carbons (Fsp3) is 0.250. The van der Waals surface area contributed by atoms with Crippen LogP contribution in [0.4, 0.5) is 17.1 Å². The fourth-order valence-electron chi connectivity index (χ4n) is 9.41. The highest BCUT2D eigenvalue weighted by Gasteiger charge is 2.29. The number of nitrogens with zero attached hydrogens (tertiary/aromatic N) is 2. The lowest BCUT2D eigenvalue weighted by Crippen LogP contribution is -2.23. The Kier molecular flexibility index (Phi) is 16.1. The molecule has 4 aromatic carbocycles. The quantitative estimate of drug-likeness (QED) is 0.0923. The second kappa shape index (κ2) is 22.3. The van der Waals surface area contributed by atoms with Crippen LogP contribution in [0.2, 0.25) is 0 Å². The topological polar surface area (TPSA) is 28.9 Å². The van der Waals surface area contributed by atoms with Crippen molar-refractivity contribution in [2.45, 2.75) is 81.6 Å². The number of hydrogen-bond donors (Lipinski definition) is 0. The average Bonchev–Trinajstić information content (AvgIpc) is 3.72. The van der Waals surface area contributed by atoms with Crippen LogP contribution in [0.15, 0.2) is 208 Å². The standard InChI is InChI=1S/C64H70N2O2/c1-13-24-50(14-2)65(51(15-3)29-20-19-25-45(8)26-21-27-46(9)42-67-12)61-40-57(43(4)5)47(10)35-37-54-59-39-49(61)36-38-53(59)58(44(6)7)41-62(54)66(52-30-17-16-18-31-52)60-34-23-33-56-55-32-22-28-48(11)63(55)68-64(56)60/h13-38,40-41,43-45H,10,39,42H2,1-9,11-12H3/b24-13-,25-19+,26-21-,29-20-,37-35?,46-27-,50-14+,51-15+,57-40?,61-49?. The molecule has 0 spiro atoms. The summed E-state index contributed by atoms with van der Waals surface area (Å²) in [5.41, 5.74) is 19.0. The highest BCUT2D eigenvalue weighted by atomic mass is 16.5. The van der Waals surface area contributed by atoms with Crippen molar-refractivity contribution in [2.24, 2.45) is 11.8 Å². The molecule has 0 N–H and O–H groups in total. The molecule has 2 aliphatic carbocycles. The van der Waals surface area contributed by atoms with Crippen LogP contribution in [0, 0.1) is 18.8 Å². The van der Waals surface area contributed by atoms with Gasteiger partial charge in [0.2, 0.25) is 0 Å². The number of methoxy groups -OCH3 is 1. The molecule has 7 rings (SSSR count). The molecule has 0 amide bonds. The summed E-state index contributed by atoms with van der Waals surface area (Å²) in [6, 6.07) is 26.2. The molecule has 1 atom stereocenters. The molecule has 0 fully saturated rings. The third-order valence-electron chi connectivity index (χ3n) is 12.9. The van der Waals surface area contributed by atoms with E-state index in [1.165, 1.54) is 39.0 Å². The number of furan rings is 1. The first kappa shape index (κ1) is 49.0. The average molecular weight is 899 g/mol. The van der Waals surface area contributed by atoms with Crippen LogP contribution in [0.1, 0.15) is 96.0 Å². The summed E-state index contributed by atoms with van der Waals surface area (Å²) in [4.78, 5) is 4.85. The van der Waals surface area contributed by atoms with Gasteiger partial charge in [-0.05, 0) is 139 Å². The molecular weight excluding hydrogens is 829 g/mol. The minimum Gasteiger partial charge on any atom is -0.454 e. The van der Waals surface area contributed by atoms with Gasteiger partial charge in [-0.1, -0.05) is 169 Å². The summed E-state index contributed by atoms with van der Waals surface area (Å²) in [6.07, 6.45) is 36.4. The number of allylic oxidation sites excluding steroid dienone is 17. The number of benzene rings is 4. The molecule has 2 aliphatic rings. The largest absolute Gasteiger partial charge is 0.454 e. The van der Waals surface area contributed by atoms with Gasteiger partial charge in [0.15, 0.2) is 5.58 Å². The van der Waals surface area contributed by atoms with Crippen molar-refractivity contribution in [3.05, 3.63) is 232 Å². The van der Waals surface area contributed by atoms with Gasteiger partial charge in [0.25, 0.3) is 0 Å². The molecule has 1 unspecified atom stereocenters. The third kappa shape index (κ3) is 10.5. The second-order valence-electron chi connectivity index (χ2n) is 18.6. The van der Waals surface area contributed by atoms with Gasteiger partial charge in [-0.15, -0.1) is 0 Å². The second-order valence-corrected chi connectivity index (χ2v) is 18.6. The Balaban J connectivity index is 1.46. The molecule has 68 heavy (non-hydrogen) atoms. The number of para-hydroxylation sites is 3. The van der Waals surface area contributed by atoms with E-state index in [2.05, 4.69) is 249 Å². The molecule has 0 saturated carbocycles. The number of anilines is 3. The van der Waals surface area contributed by atoms with Crippen molar-refractivity contribution in [1.29, 1.82) is 0 Å². The van der Waals surface area contributed by atoms with E-state index in [0.717, 1.165) is 73.6 Å². The van der Waals surface area contributed by atoms with E-state index < -0.39 is 0 Å². The van der Waals surface area contributed by atoms with Gasteiger partial charge in [-0.3, -0.25) is 0 Å². The van der Waals surface area contributed by atoms with E-state index in [4.69, 9.17) is 15.7 Å². The molecule has 0 radical (unpaired) electrons. The Morgan fingerprint density at radius 2 is 1.44 bits per heavy atom. The van der Waals surface area contributed by atoms with Gasteiger partial charge in [0.1, 0.15) is 5.58 Å². The molecule has 4 nitrogen and oxygen atoms in total. The molecular formula is C64H70N2O2. The molecule has 1 heterocycles. The van der Waals surface area contributed by atoms with E-state index in [-0.39, 0.29) is 17.8 Å². The Labute approximate surface area is 407 Å². The van der Waals surface area contributed by atoms with Crippen LogP contribution in [0.5, 0.6) is 0 Å². The SMILES string of the molecule is C=C1C=Cc2c(N(c3ccccc3)c3cccc4c3oc3c(C)cccc34)cc(C(C)C)c3c2CC(=C(N(C(/C=C\C)=C/C)C(/C=C\C=C\C(C)/C=C\C=C(\C)COC)=C/C)C=C1C(C)C)C=C3. The van der Waals surface area contributed by atoms with E-state index in [1.807, 2.05) is 0 Å². The van der Waals surface area contributed by atoms with Crippen molar-refractivity contribution in [3.63, 3.8) is 0 Å². The first-order valence-electron chi connectivity index (χ1n) is 24.3. The van der Waals surface area contributed by atoms with E-state index >= 15 is 0 Å². The smallest absolute Gasteiger partial charge is 0.159 e. The van der Waals surface area contributed by atoms with Crippen LogP contribution in [0.25, 0.3) is 34.1 Å². The Morgan fingerprint density at radius 3 is 2.13 bits per heavy atom. The number of rotatable bonds is 16. The van der Waals surface area contributed by atoms with Crippen LogP contribution in [-0.4, -0.2) is 18.6 Å². The van der Waals surface area contributed by atoms with Crippen molar-refractivity contribution >= 4 is 51.2 Å². The number of ether oxygens (including phenoxy) is 1. The first-order chi connectivity index (χ1) is 32.9. The first-order valence-corrected chi connectivity index (χ1v) is 24.3. The summed E-state index contributed by atoms with van der Waals surface area (Å²) < 4.78 is 12.2. The van der Waals surface area contributed by atoms with Crippen LogP contribution < -0.4 is 4.90 Å². The molecule has 0 saturated heterocycles. The normalized spacial score (nSPS) is 15.5. The predicted molar refractivity (Wildman–Crippen MR) is 294 cm³/mol. The third-order valence-corrected chi connectivity index (χ3v) is 12.9. The van der Waals surface area contributed by atoms with Gasteiger partial charge in [-0.2, -0.15) is 0 Å². The summed E-state index contributed by atoms with van der Waals surface area (Å²) >= 11 is 0. The van der Waals surface area contributed by atoms with E-state index in [1.54, 1.807) is 7.11 Å². The van der Waals surface area contributed by atoms with E-state index in [0.29, 0.717) is 6.61 Å². The molecule has 1 aromatic heterocycles. The Hall–Kier alpha value is -6.88. The molecule has 5 aromatic rings. The Morgan fingerprint density at radius 1 is 0.750 bits per heavy atom. The maximum atomic E-state index is 6.91. The molecule has 4 heteroatoms. The number of aryl methyl sites for hydroxylation is 1. The van der Waals surface area contributed by atoms with Gasteiger partial charge >= 0.3 is 0 Å². The monoisotopic (exact) mass is 899 g/mol. The minimum atomic E-state index is 0.204. The minimum absolute atomic E-state index is 0.204. The predicted octanol–water partition coefficient (Wildman–Crippen LogP) is 18.1. The summed E-state index contributed by atoms with van der Waals surface area (Å²) in [7, 11) is 1.73. The zero-order valence-electron chi connectivity index (χ0n) is 42.2. The maximum absolute atomic E-state index is 6.91. The highest BCUT2D eigenvalue weighted by Crippen LogP contribution is 2.48. The van der Waals surface area contributed by atoms with Gasteiger partial charge in [-0.25, -0.2) is 0 Å².